The molecule has 7 heteroatoms. The molecular weight excluding hydrogens is 438 g/mol. The number of nitrogens with one attached hydrogen (secondary N) is 1. The molecule has 2 aromatic heterocycles. The Morgan fingerprint density at radius 3 is 2.40 bits per heavy atom. The lowest BCUT2D eigenvalue weighted by Gasteiger charge is -2.13. The third-order valence-electron chi connectivity index (χ3n) is 6.01. The van der Waals surface area contributed by atoms with Crippen molar-refractivity contribution in [3.63, 3.8) is 0 Å². The number of rotatable bonds is 7. The van der Waals surface area contributed by atoms with Gasteiger partial charge in [0.05, 0.1) is 11.9 Å². The van der Waals surface area contributed by atoms with Gasteiger partial charge in [0.25, 0.3) is 11.5 Å². The number of fused-ring (bicyclic) bond motifs is 1. The highest BCUT2D eigenvalue weighted by Gasteiger charge is 2.16. The molecule has 0 aliphatic heterocycles. The summed E-state index contributed by atoms with van der Waals surface area (Å²) in [5, 5.41) is 12.6. The summed E-state index contributed by atoms with van der Waals surface area (Å²) >= 11 is 0. The van der Waals surface area contributed by atoms with Gasteiger partial charge in [-0.15, -0.1) is 0 Å². The minimum Gasteiger partial charge on any atom is -0.347 e. The minimum atomic E-state index is -0.312. The highest BCUT2D eigenvalue weighted by atomic mass is 16.2. The van der Waals surface area contributed by atoms with Crippen LogP contribution in [0.4, 0.5) is 0 Å². The maximum atomic E-state index is 13.2. The summed E-state index contributed by atoms with van der Waals surface area (Å²) in [4.78, 5) is 25.7. The van der Waals surface area contributed by atoms with Crippen molar-refractivity contribution in [2.45, 2.75) is 26.6 Å². The van der Waals surface area contributed by atoms with Crippen LogP contribution in [0.1, 0.15) is 28.5 Å². The quantitative estimate of drug-likeness (QED) is 0.391. The molecule has 0 saturated heterocycles. The van der Waals surface area contributed by atoms with Gasteiger partial charge >= 0.3 is 0 Å². The Bertz CT molecular complexity index is 1540. The van der Waals surface area contributed by atoms with E-state index in [4.69, 9.17) is 0 Å². The molecule has 0 atom stereocenters. The highest BCUT2D eigenvalue weighted by Crippen LogP contribution is 2.24. The average Bonchev–Trinajstić information content (AvgIpc) is 3.41. The first-order chi connectivity index (χ1) is 17.1. The van der Waals surface area contributed by atoms with Crippen LogP contribution in [0.25, 0.3) is 21.9 Å². The van der Waals surface area contributed by atoms with Crippen LogP contribution in [-0.2, 0) is 19.6 Å². The molecule has 35 heavy (non-hydrogen) atoms. The average molecular weight is 464 g/mol. The van der Waals surface area contributed by atoms with Crippen molar-refractivity contribution >= 4 is 16.7 Å². The lowest BCUT2D eigenvalue weighted by molar-refractivity contribution is 0.0945. The van der Waals surface area contributed by atoms with E-state index in [9.17, 15) is 9.59 Å². The van der Waals surface area contributed by atoms with Gasteiger partial charge in [-0.1, -0.05) is 66.7 Å². The van der Waals surface area contributed by atoms with Gasteiger partial charge in [-0.05, 0) is 41.3 Å². The van der Waals surface area contributed by atoms with E-state index in [0.29, 0.717) is 30.4 Å². The fourth-order valence-electron chi connectivity index (χ4n) is 4.20. The summed E-state index contributed by atoms with van der Waals surface area (Å²) in [6, 6.07) is 25.4. The zero-order chi connectivity index (χ0) is 24.2. The number of hydrogen-bond donors (Lipinski definition) is 1. The highest BCUT2D eigenvalue weighted by molar-refractivity contribution is 6.04. The van der Waals surface area contributed by atoms with Crippen LogP contribution in [0.5, 0.6) is 0 Å². The normalized spacial score (nSPS) is 11.0. The Labute approximate surface area is 202 Å². The summed E-state index contributed by atoms with van der Waals surface area (Å²) in [5.74, 6) is -0.312. The van der Waals surface area contributed by atoms with E-state index < -0.39 is 0 Å². The fraction of sp³-hybridized carbons (Fsp3) is 0.143. The van der Waals surface area contributed by atoms with Crippen LogP contribution in [0.2, 0.25) is 0 Å². The van der Waals surface area contributed by atoms with E-state index in [1.54, 1.807) is 24.4 Å². The number of aromatic nitrogens is 4. The summed E-state index contributed by atoms with van der Waals surface area (Å²) < 4.78 is 3.22. The Balaban J connectivity index is 1.38. The summed E-state index contributed by atoms with van der Waals surface area (Å²) in [6.45, 7) is 3.28. The Morgan fingerprint density at radius 1 is 0.914 bits per heavy atom. The molecule has 5 rings (SSSR count). The largest absolute Gasteiger partial charge is 0.347 e. The predicted molar refractivity (Wildman–Crippen MR) is 136 cm³/mol. The second kappa shape index (κ2) is 9.77. The van der Waals surface area contributed by atoms with Crippen LogP contribution in [0.3, 0.4) is 0 Å². The molecule has 0 aliphatic carbocycles. The third kappa shape index (κ3) is 4.61. The van der Waals surface area contributed by atoms with Gasteiger partial charge in [0, 0.05) is 30.9 Å². The molecule has 0 aliphatic rings. The molecule has 2 heterocycles. The molecule has 0 fully saturated rings. The van der Waals surface area contributed by atoms with Crippen molar-refractivity contribution in [3.8, 4) is 11.1 Å². The van der Waals surface area contributed by atoms with Gasteiger partial charge in [-0.25, -0.2) is 4.68 Å². The maximum Gasteiger partial charge on any atom is 0.274 e. The number of carbonyl (C=O) groups is 1. The molecule has 1 amide bonds. The summed E-state index contributed by atoms with van der Waals surface area (Å²) in [5.41, 5.74) is 4.33. The molecular formula is C28H25N5O2. The van der Waals surface area contributed by atoms with Crippen LogP contribution in [-0.4, -0.2) is 25.5 Å². The lowest BCUT2D eigenvalue weighted by Crippen LogP contribution is -2.30. The van der Waals surface area contributed by atoms with E-state index in [2.05, 4.69) is 45.8 Å². The molecule has 7 nitrogen and oxygen atoms in total. The number of benzene rings is 3. The van der Waals surface area contributed by atoms with Gasteiger partial charge in [-0.3, -0.25) is 14.3 Å². The van der Waals surface area contributed by atoms with Crippen LogP contribution in [0, 0.1) is 0 Å². The molecule has 0 spiro atoms. The van der Waals surface area contributed by atoms with Gasteiger partial charge in [0.2, 0.25) is 0 Å². The second-order valence-electron chi connectivity index (χ2n) is 8.26. The van der Waals surface area contributed by atoms with Gasteiger partial charge < -0.3 is 5.32 Å². The first-order valence-corrected chi connectivity index (χ1v) is 11.6. The van der Waals surface area contributed by atoms with E-state index in [1.807, 2.05) is 48.1 Å². The van der Waals surface area contributed by atoms with Crippen molar-refractivity contribution in [2.24, 2.45) is 0 Å². The van der Waals surface area contributed by atoms with E-state index in [1.165, 1.54) is 4.68 Å². The molecule has 174 valence electrons. The summed E-state index contributed by atoms with van der Waals surface area (Å²) in [7, 11) is 0. The van der Waals surface area contributed by atoms with Crippen molar-refractivity contribution in [1.29, 1.82) is 0 Å². The van der Waals surface area contributed by atoms with Crippen LogP contribution in [0.15, 0.2) is 96.1 Å². The third-order valence-corrected chi connectivity index (χ3v) is 6.01. The molecule has 0 bridgehead atoms. The molecule has 3 aromatic carbocycles. The van der Waals surface area contributed by atoms with E-state index in [-0.39, 0.29) is 17.2 Å². The first-order valence-electron chi connectivity index (χ1n) is 11.6. The molecule has 0 radical (unpaired) electrons. The topological polar surface area (TPSA) is 81.8 Å². The van der Waals surface area contributed by atoms with Crippen molar-refractivity contribution in [1.82, 2.24) is 24.9 Å². The van der Waals surface area contributed by atoms with Crippen LogP contribution < -0.4 is 10.9 Å². The Hall–Kier alpha value is -4.52. The minimum absolute atomic E-state index is 0.194. The second-order valence-corrected chi connectivity index (χ2v) is 8.26. The molecule has 1 N–H and O–H groups in total. The SMILES string of the molecule is CCn1nc(C(=O)NCc2ccccc2-c2ccc(Cn3cccn3)cc2)c2ccccc2c1=O. The fourth-order valence-corrected chi connectivity index (χ4v) is 4.20. The number of aryl methyl sites for hydroxylation is 1. The Morgan fingerprint density at radius 2 is 1.66 bits per heavy atom. The van der Waals surface area contributed by atoms with Gasteiger partial charge in [0.1, 0.15) is 0 Å². The monoisotopic (exact) mass is 463 g/mol. The lowest BCUT2D eigenvalue weighted by atomic mass is 9.98. The van der Waals surface area contributed by atoms with Gasteiger partial charge in [0.15, 0.2) is 5.69 Å². The van der Waals surface area contributed by atoms with Gasteiger partial charge in [-0.2, -0.15) is 10.2 Å². The van der Waals surface area contributed by atoms with Crippen LogP contribution >= 0.6 is 0 Å². The number of amides is 1. The van der Waals surface area contributed by atoms with E-state index >= 15 is 0 Å². The van der Waals surface area contributed by atoms with E-state index in [0.717, 1.165) is 22.3 Å². The molecule has 5 aromatic rings. The Kier molecular flexibility index (Phi) is 6.22. The number of carbonyl (C=O) groups excluding carboxylic acids is 1. The smallest absolute Gasteiger partial charge is 0.274 e. The number of hydrogen-bond acceptors (Lipinski definition) is 4. The zero-order valence-corrected chi connectivity index (χ0v) is 19.4. The zero-order valence-electron chi connectivity index (χ0n) is 19.4. The standard InChI is InChI=1S/C28H25N5O2/c1-2-33-28(35)25-11-6-5-10-24(25)26(31-33)27(34)29-18-22-8-3-4-9-23(22)21-14-12-20(13-15-21)19-32-17-7-16-30-32/h3-17H,2,18-19H2,1H3,(H,29,34). The number of nitrogens with zero attached hydrogens (tertiary/aromatic N) is 4. The first kappa shape index (κ1) is 22.3. The maximum absolute atomic E-state index is 13.2. The molecule has 0 unspecified atom stereocenters. The van der Waals surface area contributed by atoms with Crippen molar-refractivity contribution in [2.75, 3.05) is 0 Å². The summed E-state index contributed by atoms with van der Waals surface area (Å²) in [6.07, 6.45) is 3.71. The molecule has 0 saturated carbocycles. The van der Waals surface area contributed by atoms with Crippen molar-refractivity contribution < 1.29 is 4.79 Å². The van der Waals surface area contributed by atoms with Crippen molar-refractivity contribution in [3.05, 3.63) is 118 Å². The predicted octanol–water partition coefficient (Wildman–Crippen LogP) is 4.26.